The second-order valence-corrected chi connectivity index (χ2v) is 6.26. The smallest absolute Gasteiger partial charge is 0.124 e. The fourth-order valence-corrected chi connectivity index (χ4v) is 3.40. The van der Waals surface area contributed by atoms with Crippen molar-refractivity contribution in [1.29, 1.82) is 0 Å². The number of hydrogen-bond acceptors (Lipinski definition) is 4. The van der Waals surface area contributed by atoms with Gasteiger partial charge in [0.25, 0.3) is 0 Å². The van der Waals surface area contributed by atoms with Gasteiger partial charge < -0.3 is 15.4 Å². The highest BCUT2D eigenvalue weighted by molar-refractivity contribution is 7.84. The largest absolute Gasteiger partial charge is 0.491 e. The number of nitrogens with one attached hydrogen (secondary N) is 2. The molecule has 0 bridgehead atoms. The Kier molecular flexibility index (Phi) is 4.96. The molecular weight excluding hydrogens is 280 g/mol. The van der Waals surface area contributed by atoms with Crippen molar-refractivity contribution in [2.24, 2.45) is 0 Å². The number of fused-ring (bicyclic) bond motifs is 1. The molecule has 3 nitrogen and oxygen atoms in total. The lowest BCUT2D eigenvalue weighted by atomic mass is 10.0. The molecule has 0 fully saturated rings. The molecule has 114 valence electrons. The minimum atomic E-state index is 0.695. The van der Waals surface area contributed by atoms with Crippen molar-refractivity contribution in [2.45, 2.75) is 38.5 Å². The lowest BCUT2D eigenvalue weighted by molar-refractivity contribution is 0.314. The molecule has 1 aliphatic heterocycles. The molecule has 1 aromatic carbocycles. The Morgan fingerprint density at radius 2 is 2.05 bits per heavy atom. The molecular formula is C17H24N2OS. The predicted octanol–water partition coefficient (Wildman–Crippen LogP) is 3.73. The van der Waals surface area contributed by atoms with Crippen LogP contribution < -0.4 is 15.4 Å². The first-order valence-electron chi connectivity index (χ1n) is 7.98. The van der Waals surface area contributed by atoms with Gasteiger partial charge in [-0.1, -0.05) is 6.07 Å². The number of rotatable bonds is 5. The van der Waals surface area contributed by atoms with E-state index in [2.05, 4.69) is 41.5 Å². The third-order valence-corrected chi connectivity index (χ3v) is 4.68. The van der Waals surface area contributed by atoms with Crippen LogP contribution in [0.15, 0.2) is 28.8 Å². The summed E-state index contributed by atoms with van der Waals surface area (Å²) in [4.78, 5) is 1.22. The average molecular weight is 304 g/mol. The fourth-order valence-electron chi connectivity index (χ4n) is 3.06. The molecule has 0 saturated heterocycles. The van der Waals surface area contributed by atoms with E-state index in [-0.39, 0.29) is 0 Å². The van der Waals surface area contributed by atoms with E-state index in [0.29, 0.717) is 6.61 Å². The van der Waals surface area contributed by atoms with Crippen LogP contribution in [-0.4, -0.2) is 19.7 Å². The van der Waals surface area contributed by atoms with E-state index in [1.807, 2.05) is 0 Å². The van der Waals surface area contributed by atoms with E-state index < -0.39 is 0 Å². The van der Waals surface area contributed by atoms with Crippen LogP contribution in [0.4, 0.5) is 5.69 Å². The van der Waals surface area contributed by atoms with E-state index in [1.165, 1.54) is 41.1 Å². The molecule has 1 aromatic rings. The van der Waals surface area contributed by atoms with Crippen molar-refractivity contribution in [3.63, 3.8) is 0 Å². The standard InChI is InChI=1S/C17H24N2OS/c21-17-9-2-1-6-15(17)19-11-12-20-16-8-3-7-14-13(16)5-4-10-18-14/h3,7-8,18-19,21H,1-2,4-6,9-12H2. The highest BCUT2D eigenvalue weighted by atomic mass is 32.1. The maximum Gasteiger partial charge on any atom is 0.124 e. The van der Waals surface area contributed by atoms with Gasteiger partial charge in [0.2, 0.25) is 0 Å². The monoisotopic (exact) mass is 304 g/mol. The first-order valence-corrected chi connectivity index (χ1v) is 8.43. The molecule has 3 rings (SSSR count). The van der Waals surface area contributed by atoms with Crippen molar-refractivity contribution >= 4 is 18.3 Å². The molecule has 0 amide bonds. The van der Waals surface area contributed by atoms with E-state index in [0.717, 1.165) is 38.1 Å². The molecule has 0 spiro atoms. The van der Waals surface area contributed by atoms with Crippen molar-refractivity contribution in [2.75, 3.05) is 25.0 Å². The molecule has 21 heavy (non-hydrogen) atoms. The maximum absolute atomic E-state index is 5.98. The van der Waals surface area contributed by atoms with Gasteiger partial charge in [0.1, 0.15) is 12.4 Å². The van der Waals surface area contributed by atoms with Gasteiger partial charge >= 0.3 is 0 Å². The Balaban J connectivity index is 1.52. The van der Waals surface area contributed by atoms with Gasteiger partial charge in [-0.3, -0.25) is 0 Å². The summed E-state index contributed by atoms with van der Waals surface area (Å²) in [5, 5.41) is 6.92. The zero-order chi connectivity index (χ0) is 14.5. The molecule has 2 aliphatic rings. The molecule has 0 atom stereocenters. The first-order chi connectivity index (χ1) is 10.3. The second-order valence-electron chi connectivity index (χ2n) is 5.72. The summed E-state index contributed by atoms with van der Waals surface area (Å²) in [7, 11) is 0. The van der Waals surface area contributed by atoms with Crippen LogP contribution in [0.5, 0.6) is 5.75 Å². The van der Waals surface area contributed by atoms with Crippen LogP contribution >= 0.6 is 12.6 Å². The average Bonchev–Trinajstić information content (AvgIpc) is 2.53. The van der Waals surface area contributed by atoms with E-state index >= 15 is 0 Å². The Labute approximate surface area is 132 Å². The number of thiol groups is 1. The predicted molar refractivity (Wildman–Crippen MR) is 91.2 cm³/mol. The van der Waals surface area contributed by atoms with Crippen LogP contribution in [0.2, 0.25) is 0 Å². The van der Waals surface area contributed by atoms with Gasteiger partial charge in [-0.15, -0.1) is 12.6 Å². The number of benzene rings is 1. The quantitative estimate of drug-likeness (QED) is 0.573. The highest BCUT2D eigenvalue weighted by Gasteiger charge is 2.13. The van der Waals surface area contributed by atoms with Gasteiger partial charge in [-0.25, -0.2) is 0 Å². The second kappa shape index (κ2) is 7.12. The van der Waals surface area contributed by atoms with E-state index in [1.54, 1.807) is 0 Å². The van der Waals surface area contributed by atoms with E-state index in [4.69, 9.17) is 4.74 Å². The van der Waals surface area contributed by atoms with Crippen LogP contribution in [0.25, 0.3) is 0 Å². The summed E-state index contributed by atoms with van der Waals surface area (Å²) in [5.41, 5.74) is 3.87. The third-order valence-electron chi connectivity index (χ3n) is 4.19. The molecule has 0 aromatic heterocycles. The van der Waals surface area contributed by atoms with Gasteiger partial charge in [0.05, 0.1) is 0 Å². The summed E-state index contributed by atoms with van der Waals surface area (Å²) in [6.45, 7) is 2.61. The Bertz CT molecular complexity index is 528. The lowest BCUT2D eigenvalue weighted by Crippen LogP contribution is -2.23. The van der Waals surface area contributed by atoms with Gasteiger partial charge in [0, 0.05) is 34.9 Å². The first kappa shape index (κ1) is 14.6. The normalized spacial score (nSPS) is 18.0. The molecule has 0 radical (unpaired) electrons. The Morgan fingerprint density at radius 3 is 2.95 bits per heavy atom. The van der Waals surface area contributed by atoms with Crippen molar-refractivity contribution in [3.05, 3.63) is 34.4 Å². The van der Waals surface area contributed by atoms with Crippen LogP contribution in [-0.2, 0) is 6.42 Å². The number of allylic oxidation sites excluding steroid dienone is 2. The van der Waals surface area contributed by atoms with Crippen molar-refractivity contribution in [1.82, 2.24) is 5.32 Å². The van der Waals surface area contributed by atoms with Crippen molar-refractivity contribution < 1.29 is 4.74 Å². The molecule has 1 aliphatic carbocycles. The molecule has 2 N–H and O–H groups in total. The summed E-state index contributed by atoms with van der Waals surface area (Å²) in [6.07, 6.45) is 7.07. The summed E-state index contributed by atoms with van der Waals surface area (Å²) < 4.78 is 5.98. The molecule has 0 unspecified atom stereocenters. The van der Waals surface area contributed by atoms with Crippen LogP contribution in [0, 0.1) is 0 Å². The molecule has 1 heterocycles. The SMILES string of the molecule is SC1=C(NCCOc2cccc3c2CCCN3)CCCC1. The third kappa shape index (κ3) is 3.67. The number of anilines is 1. The molecule has 0 saturated carbocycles. The van der Waals surface area contributed by atoms with Gasteiger partial charge in [0.15, 0.2) is 0 Å². The zero-order valence-corrected chi connectivity index (χ0v) is 13.3. The minimum absolute atomic E-state index is 0.695. The summed E-state index contributed by atoms with van der Waals surface area (Å²) in [5.74, 6) is 1.03. The van der Waals surface area contributed by atoms with Crippen LogP contribution in [0.1, 0.15) is 37.7 Å². The van der Waals surface area contributed by atoms with Crippen molar-refractivity contribution in [3.8, 4) is 5.75 Å². The number of hydrogen-bond donors (Lipinski definition) is 3. The summed E-state index contributed by atoms with van der Waals surface area (Å²) in [6, 6.07) is 6.28. The zero-order valence-electron chi connectivity index (χ0n) is 12.5. The summed E-state index contributed by atoms with van der Waals surface area (Å²) >= 11 is 4.56. The highest BCUT2D eigenvalue weighted by Crippen LogP contribution is 2.30. The van der Waals surface area contributed by atoms with Crippen LogP contribution in [0.3, 0.4) is 0 Å². The van der Waals surface area contributed by atoms with Gasteiger partial charge in [-0.05, 0) is 50.7 Å². The van der Waals surface area contributed by atoms with E-state index in [9.17, 15) is 0 Å². The maximum atomic E-state index is 5.98. The lowest BCUT2D eigenvalue weighted by Gasteiger charge is -2.22. The minimum Gasteiger partial charge on any atom is -0.491 e. The molecule has 4 heteroatoms. The Morgan fingerprint density at radius 1 is 1.14 bits per heavy atom. The fraction of sp³-hybridized carbons (Fsp3) is 0.529. The van der Waals surface area contributed by atoms with Gasteiger partial charge in [-0.2, -0.15) is 0 Å². The number of ether oxygens (including phenoxy) is 1. The topological polar surface area (TPSA) is 33.3 Å². The Hall–Kier alpha value is -1.29.